The lowest BCUT2D eigenvalue weighted by molar-refractivity contribution is -0.140. The summed E-state index contributed by atoms with van der Waals surface area (Å²) < 4.78 is 74.4. The second-order valence-electron chi connectivity index (χ2n) is 32.3. The molecule has 0 saturated carbocycles. The van der Waals surface area contributed by atoms with E-state index in [2.05, 4.69) is 92.8 Å². The number of ether oxygens (including phenoxy) is 2. The number of hydrogen-bond acceptors (Lipinski definition) is 28. The van der Waals surface area contributed by atoms with Gasteiger partial charge >= 0.3 is 17.9 Å². The number of carboxylic acids is 3. The second kappa shape index (κ2) is 50.0. The monoisotopic (exact) mass is 1930 g/mol. The number of aromatic nitrogens is 6. The van der Waals surface area contributed by atoms with Crippen LogP contribution in [0.1, 0.15) is 101 Å². The maximum Gasteiger partial charge on any atom is 0.323 e. The van der Waals surface area contributed by atoms with Crippen LogP contribution >= 0.6 is 0 Å². The van der Waals surface area contributed by atoms with Crippen molar-refractivity contribution in [2.75, 3.05) is 135 Å². The van der Waals surface area contributed by atoms with E-state index in [1.54, 1.807) is 113 Å². The van der Waals surface area contributed by atoms with Crippen LogP contribution in [-0.4, -0.2) is 307 Å². The van der Waals surface area contributed by atoms with Gasteiger partial charge in [-0.3, -0.25) is 81.8 Å². The standard InChI is InChI=1S/C88H117N23O23S2/c1-11-64(81(121)91-22-20-89-70(112)15-14-36-133-58-37-52(4)77(53(5)38-58)135(129,130)104-66(85(125)126)45-97-79(119)62-47-107(9)68-41-56(16-18-60(68)75(62)117)43-99-87-93-24-25-94-87)101-83(123)74(103-71(113)49-110-33-32-109(13-3)30-28-106(8)29-31-111(35-34-110)50-73(115)116)84(124)102-65(12-2)82(122)92-23-21-90-72(114)51-134-59-39-54(6)78(55(7)40-59)136(131,132)105-67(86(127)128)46-98-80(120)63-48-108(10)69-42-57(17-19-61(69)76(63)118)44-100-88-95-26-27-96-88/h8,16-19,24-27,37-42,47-48,64-67,74,104-105H,11-15,20-23,28-36,43-46,49-51H2,1-7,9-10H3,(H,89,112)(H,90,114)(H,91,121)(H,92,122)(H,97,119)(H,98,120)(H,101,123)(H,102,124)(H,103,113)(H,115,116)(H,125,126)(H,127,128)(H2,93,94,99)(H2,95,96,100)/t64?,65?,66?,67?,74-/m0/s1. The molecule has 8 aromatic rings. The van der Waals surface area contributed by atoms with E-state index in [0.29, 0.717) is 68.7 Å². The number of anilines is 2. The lowest BCUT2D eigenvalue weighted by Crippen LogP contribution is -2.62. The highest BCUT2D eigenvalue weighted by atomic mass is 32.2. The number of nitrogens with zero attached hydrogens (tertiary/aromatic N) is 8. The fourth-order valence-corrected chi connectivity index (χ4v) is 18.2. The van der Waals surface area contributed by atoms with E-state index in [0.717, 1.165) is 11.1 Å². The van der Waals surface area contributed by atoms with Crippen LogP contribution in [0.3, 0.4) is 0 Å². The summed E-state index contributed by atoms with van der Waals surface area (Å²) in [4.78, 5) is 208. The number of amides is 9. The Morgan fingerprint density at radius 3 is 1.32 bits per heavy atom. The number of nitrogens with one attached hydrogen (secondary N) is 15. The topological polar surface area (TPSA) is 623 Å². The van der Waals surface area contributed by atoms with Gasteiger partial charge in [-0.2, -0.15) is 9.44 Å². The van der Waals surface area contributed by atoms with E-state index in [1.807, 2.05) is 6.92 Å². The van der Waals surface area contributed by atoms with Gasteiger partial charge in [-0.25, -0.2) is 26.8 Å². The largest absolute Gasteiger partial charge is 0.494 e. The van der Waals surface area contributed by atoms with E-state index < -0.39 is 158 Å². The van der Waals surface area contributed by atoms with E-state index in [9.17, 15) is 99.3 Å². The molecule has 0 aliphatic carbocycles. The summed E-state index contributed by atoms with van der Waals surface area (Å²) in [5, 5.41) is 59.3. The molecule has 18 N–H and O–H groups in total. The smallest absolute Gasteiger partial charge is 0.323 e. The number of carboxylic acid groups (broad SMARTS) is 3. The number of H-pyrrole nitrogens is 2. The summed E-state index contributed by atoms with van der Waals surface area (Å²) in [7, 11) is 0.245. The third kappa shape index (κ3) is 30.6. The highest BCUT2D eigenvalue weighted by Crippen LogP contribution is 2.29. The number of imidazole rings is 2. The Morgan fingerprint density at radius 1 is 0.493 bits per heavy atom. The molecule has 4 aromatic heterocycles. The molecular formula is C88H117N23O23S2. The summed E-state index contributed by atoms with van der Waals surface area (Å²) >= 11 is 0. The van der Waals surface area contributed by atoms with Gasteiger partial charge in [0, 0.05) is 180 Å². The molecule has 5 atom stereocenters. The molecule has 734 valence electrons. The number of aliphatic carboxylic acids is 3. The molecule has 0 spiro atoms. The van der Waals surface area contributed by atoms with Gasteiger partial charge < -0.3 is 107 Å². The van der Waals surface area contributed by atoms with Crippen molar-refractivity contribution in [2.45, 2.75) is 127 Å². The number of pyridine rings is 2. The van der Waals surface area contributed by atoms with Gasteiger partial charge in [-0.05, 0) is 135 Å². The zero-order valence-corrected chi connectivity index (χ0v) is 78.4. The van der Waals surface area contributed by atoms with Crippen LogP contribution in [0.5, 0.6) is 11.5 Å². The normalized spacial score (nSPS) is 14.3. The van der Waals surface area contributed by atoms with Crippen LogP contribution in [0, 0.1) is 34.7 Å². The van der Waals surface area contributed by atoms with Gasteiger partial charge in [0.15, 0.2) is 24.5 Å². The first-order valence-electron chi connectivity index (χ1n) is 43.8. The molecule has 9 rings (SSSR count). The van der Waals surface area contributed by atoms with Gasteiger partial charge in [0.2, 0.25) is 54.5 Å². The number of fused-ring (bicyclic) bond motifs is 2. The fourth-order valence-electron chi connectivity index (χ4n) is 14.9. The van der Waals surface area contributed by atoms with Gasteiger partial charge in [-0.1, -0.05) is 32.9 Å². The highest BCUT2D eigenvalue weighted by molar-refractivity contribution is 7.90. The Kier molecular flexibility index (Phi) is 38.9. The predicted octanol–water partition coefficient (Wildman–Crippen LogP) is -1.41. The molecule has 0 bridgehead atoms. The van der Waals surface area contributed by atoms with Crippen molar-refractivity contribution in [3.8, 4) is 11.5 Å². The number of benzene rings is 4. The number of hydrogen-bond donors (Lipinski definition) is 18. The van der Waals surface area contributed by atoms with E-state index in [-0.39, 0.29) is 157 Å². The average Bonchev–Trinajstić information content (AvgIpc) is 0.977. The number of carbonyl (C=O) groups excluding carboxylic acids is 9. The highest BCUT2D eigenvalue weighted by Gasteiger charge is 2.37. The lowest BCUT2D eigenvalue weighted by atomic mass is 10.1. The van der Waals surface area contributed by atoms with Gasteiger partial charge in [-0.15, -0.1) is 0 Å². The number of aryl methyl sites for hydroxylation is 6. The van der Waals surface area contributed by atoms with Crippen molar-refractivity contribution >= 4 is 125 Å². The van der Waals surface area contributed by atoms with Crippen molar-refractivity contribution in [1.82, 2.24) is 106 Å². The van der Waals surface area contributed by atoms with Gasteiger partial charge in [0.05, 0.1) is 40.5 Å². The number of carbonyl (C=O) groups is 12. The fraction of sp³-hybridized carbons (Fsp3) is 0.443. The number of aromatic amines is 2. The quantitative estimate of drug-likeness (QED) is 0.0154. The zero-order chi connectivity index (χ0) is 99.3. The van der Waals surface area contributed by atoms with Gasteiger partial charge in [0.25, 0.3) is 29.5 Å². The summed E-state index contributed by atoms with van der Waals surface area (Å²) in [6.45, 7) is 11.2. The minimum atomic E-state index is -4.65. The van der Waals surface area contributed by atoms with Crippen LogP contribution in [0.15, 0.2) is 117 Å². The second-order valence-corrected chi connectivity index (χ2v) is 35.6. The molecule has 48 heteroatoms. The third-order valence-corrected chi connectivity index (χ3v) is 25.6. The third-order valence-electron chi connectivity index (χ3n) is 22.1. The average molecular weight is 1930 g/mol. The van der Waals surface area contributed by atoms with Crippen LogP contribution in [0.25, 0.3) is 21.8 Å². The molecule has 4 aromatic carbocycles. The van der Waals surface area contributed by atoms with Crippen LogP contribution < -0.4 is 88.3 Å². The Balaban J connectivity index is 0.741. The number of likely N-dealkylation sites (N-methyl/N-ethyl adjacent to an activating group) is 1. The molecule has 136 heavy (non-hydrogen) atoms. The molecule has 5 heterocycles. The first-order chi connectivity index (χ1) is 64.6. The Labute approximate surface area is 783 Å². The van der Waals surface area contributed by atoms with Crippen molar-refractivity contribution in [3.05, 3.63) is 170 Å². The van der Waals surface area contributed by atoms with Crippen molar-refractivity contribution < 1.29 is 99.2 Å². The molecule has 1 fully saturated rings. The van der Waals surface area contributed by atoms with Crippen LogP contribution in [-0.2, 0) is 95.2 Å². The lowest BCUT2D eigenvalue weighted by Gasteiger charge is -2.32. The van der Waals surface area contributed by atoms with Crippen LogP contribution in [0.2, 0.25) is 0 Å². The van der Waals surface area contributed by atoms with Crippen molar-refractivity contribution in [3.63, 3.8) is 0 Å². The zero-order valence-electron chi connectivity index (χ0n) is 76.8. The van der Waals surface area contributed by atoms with Gasteiger partial charge in [0.1, 0.15) is 46.8 Å². The molecule has 9 amide bonds. The maximum atomic E-state index is 14.5. The van der Waals surface area contributed by atoms with Crippen molar-refractivity contribution in [2.24, 2.45) is 14.1 Å². The molecule has 1 aliphatic heterocycles. The summed E-state index contributed by atoms with van der Waals surface area (Å²) in [6, 6.07) is 6.86. The first kappa shape index (κ1) is 106. The van der Waals surface area contributed by atoms with Crippen molar-refractivity contribution in [1.29, 1.82) is 0 Å². The van der Waals surface area contributed by atoms with E-state index >= 15 is 0 Å². The first-order valence-corrected chi connectivity index (χ1v) is 46.8. The summed E-state index contributed by atoms with van der Waals surface area (Å²) in [6.07, 6.45) is 9.01. The Morgan fingerprint density at radius 2 is 0.904 bits per heavy atom. The number of rotatable bonds is 48. The molecule has 1 aliphatic rings. The van der Waals surface area contributed by atoms with Crippen LogP contribution in [0.4, 0.5) is 11.9 Å². The van der Waals surface area contributed by atoms with E-state index in [1.165, 1.54) is 64.4 Å². The summed E-state index contributed by atoms with van der Waals surface area (Å²) in [5.41, 5.74) is 1.20. The SMILES string of the molecule is [CH]N1CCN(CC)CCN(CC(=O)N[C@@H](C(=O)NC(CC)C(=O)NCCNC(=O)CCCOc2cc(C)c(S(=O)(=O)NC(CNC(=O)c3cn(C)c4cc(CNc5ncc[nH]5)ccc4c3=O)C(=O)O)c(C)c2)C(=O)NC(CC)C(=O)NCCNC(=O)COc2cc(C)c(S(=O)(=O)NC(CNC(=O)c3cn(C)c4cc(CNc5ncc[nH]5)ccc4c3=O)C(=O)O)c(C)c2)CCN(CC(=O)O)CC1. The summed E-state index contributed by atoms with van der Waals surface area (Å²) in [5.74, 6) is -10.8. The number of sulfonamides is 2. The minimum absolute atomic E-state index is 0.0278. The van der Waals surface area contributed by atoms with E-state index in [4.69, 9.17) is 16.5 Å². The Bertz CT molecular complexity index is 5970. The molecular weight excluding hydrogens is 1810 g/mol. The Hall–Kier alpha value is -13.8. The molecule has 2 radical (unpaired) electrons. The molecule has 4 unspecified atom stereocenters. The molecule has 46 nitrogen and oxygen atoms in total. The molecule has 1 saturated heterocycles. The minimum Gasteiger partial charge on any atom is -0.494 e. The maximum absolute atomic E-state index is 14.5. The predicted molar refractivity (Wildman–Crippen MR) is 497 cm³/mol.